The van der Waals surface area contributed by atoms with Gasteiger partial charge in [-0.05, 0) is 42.5 Å². The van der Waals surface area contributed by atoms with Gasteiger partial charge in [0, 0.05) is 12.6 Å². The van der Waals surface area contributed by atoms with Crippen LogP contribution in [0, 0.1) is 0 Å². The summed E-state index contributed by atoms with van der Waals surface area (Å²) < 4.78 is 5.72. The van der Waals surface area contributed by atoms with Crippen LogP contribution in [0.15, 0.2) is 70.7 Å². The molecule has 4 rings (SSSR count). The third kappa shape index (κ3) is 3.67. The summed E-state index contributed by atoms with van der Waals surface area (Å²) in [6, 6.07) is 15.0. The Morgan fingerprint density at radius 3 is 2.38 bits per heavy atom. The molecular weight excluding hydrogens is 436 g/mol. The van der Waals surface area contributed by atoms with Crippen LogP contribution in [0.5, 0.6) is 0 Å². The van der Waals surface area contributed by atoms with Crippen molar-refractivity contribution in [2.75, 3.05) is 11.9 Å². The van der Waals surface area contributed by atoms with E-state index in [2.05, 4.69) is 0 Å². The van der Waals surface area contributed by atoms with Crippen LogP contribution in [0.1, 0.15) is 16.1 Å². The number of hydrogen-bond acceptors (Lipinski definition) is 5. The molecule has 1 aromatic heterocycles. The number of carboxylic acids is 1. The SMILES string of the molecule is CN1C(=O)/C(=C\c2ccc(-c3ccc(C(=O)O)c(Cl)c3)o2)C(=O)N(c2ccccc2)C1=O. The minimum Gasteiger partial charge on any atom is -0.478 e. The van der Waals surface area contributed by atoms with E-state index in [-0.39, 0.29) is 21.9 Å². The summed E-state index contributed by atoms with van der Waals surface area (Å²) in [5, 5.41) is 9.14. The van der Waals surface area contributed by atoms with Gasteiger partial charge in [0.25, 0.3) is 11.8 Å². The summed E-state index contributed by atoms with van der Waals surface area (Å²) in [6.45, 7) is 0. The number of furan rings is 1. The summed E-state index contributed by atoms with van der Waals surface area (Å²) in [4.78, 5) is 51.1. The summed E-state index contributed by atoms with van der Waals surface area (Å²) in [6.07, 6.45) is 1.26. The second-order valence-corrected chi connectivity index (χ2v) is 7.29. The van der Waals surface area contributed by atoms with Crippen LogP contribution in [0.2, 0.25) is 5.02 Å². The molecule has 4 amide bonds. The molecule has 0 aliphatic carbocycles. The van der Waals surface area contributed by atoms with Gasteiger partial charge in [0.2, 0.25) is 0 Å². The minimum absolute atomic E-state index is 0.0441. The maximum Gasteiger partial charge on any atom is 0.338 e. The predicted octanol–water partition coefficient (Wildman–Crippen LogP) is 4.31. The molecule has 1 aliphatic heterocycles. The second kappa shape index (κ2) is 8.16. The summed E-state index contributed by atoms with van der Waals surface area (Å²) >= 11 is 6.01. The highest BCUT2D eigenvalue weighted by molar-refractivity contribution is 6.39. The molecule has 160 valence electrons. The lowest BCUT2D eigenvalue weighted by Gasteiger charge is -2.31. The van der Waals surface area contributed by atoms with Crippen LogP contribution in [-0.4, -0.2) is 40.9 Å². The van der Waals surface area contributed by atoms with Crippen molar-refractivity contribution in [2.45, 2.75) is 0 Å². The number of aromatic carboxylic acids is 1. The number of hydrogen-bond donors (Lipinski definition) is 1. The van der Waals surface area contributed by atoms with Crippen LogP contribution >= 0.6 is 11.6 Å². The van der Waals surface area contributed by atoms with E-state index in [0.29, 0.717) is 17.0 Å². The van der Waals surface area contributed by atoms with Crippen molar-refractivity contribution in [3.8, 4) is 11.3 Å². The predicted molar refractivity (Wildman–Crippen MR) is 116 cm³/mol. The van der Waals surface area contributed by atoms with Crippen LogP contribution in [-0.2, 0) is 9.59 Å². The summed E-state index contributed by atoms with van der Waals surface area (Å²) in [5.74, 6) is -2.11. The number of halogens is 1. The molecule has 3 aromatic rings. The van der Waals surface area contributed by atoms with Gasteiger partial charge >= 0.3 is 12.0 Å². The Labute approximate surface area is 186 Å². The third-order valence-corrected chi connectivity index (χ3v) is 5.17. The molecule has 2 heterocycles. The van der Waals surface area contributed by atoms with Crippen molar-refractivity contribution in [1.82, 2.24) is 4.90 Å². The lowest BCUT2D eigenvalue weighted by atomic mass is 10.1. The number of barbiturate groups is 1. The highest BCUT2D eigenvalue weighted by Gasteiger charge is 2.41. The van der Waals surface area contributed by atoms with Gasteiger partial charge in [0.15, 0.2) is 0 Å². The fourth-order valence-electron chi connectivity index (χ4n) is 3.21. The smallest absolute Gasteiger partial charge is 0.338 e. The molecule has 1 aliphatic rings. The number of imide groups is 2. The summed E-state index contributed by atoms with van der Waals surface area (Å²) in [5.41, 5.74) is 0.567. The molecule has 1 N–H and O–H groups in total. The number of urea groups is 1. The number of carbonyl (C=O) groups is 4. The molecular formula is C23H15ClN2O6. The van der Waals surface area contributed by atoms with E-state index in [1.54, 1.807) is 42.5 Å². The van der Waals surface area contributed by atoms with Gasteiger partial charge in [-0.15, -0.1) is 0 Å². The number of amides is 4. The fraction of sp³-hybridized carbons (Fsp3) is 0.0435. The molecule has 0 bridgehead atoms. The van der Waals surface area contributed by atoms with E-state index in [4.69, 9.17) is 21.1 Å². The summed E-state index contributed by atoms with van der Waals surface area (Å²) in [7, 11) is 1.29. The van der Waals surface area contributed by atoms with Crippen LogP contribution in [0.4, 0.5) is 10.5 Å². The number of likely N-dealkylation sites (N-methyl/N-ethyl adjacent to an activating group) is 1. The van der Waals surface area contributed by atoms with E-state index in [9.17, 15) is 19.2 Å². The first-order chi connectivity index (χ1) is 15.3. The molecule has 0 radical (unpaired) electrons. The number of para-hydroxylation sites is 1. The van der Waals surface area contributed by atoms with E-state index < -0.39 is 23.8 Å². The molecule has 0 atom stereocenters. The van der Waals surface area contributed by atoms with E-state index >= 15 is 0 Å². The lowest BCUT2D eigenvalue weighted by Crippen LogP contribution is -2.55. The second-order valence-electron chi connectivity index (χ2n) is 6.88. The van der Waals surface area contributed by atoms with E-state index in [1.807, 2.05) is 0 Å². The molecule has 0 saturated carbocycles. The topological polar surface area (TPSA) is 108 Å². The highest BCUT2D eigenvalue weighted by atomic mass is 35.5. The molecule has 9 heteroatoms. The zero-order valence-electron chi connectivity index (χ0n) is 16.6. The first kappa shape index (κ1) is 21.1. The zero-order chi connectivity index (χ0) is 23.0. The van der Waals surface area contributed by atoms with Crippen molar-refractivity contribution in [3.63, 3.8) is 0 Å². The number of nitrogens with zero attached hydrogens (tertiary/aromatic N) is 2. The fourth-order valence-corrected chi connectivity index (χ4v) is 3.48. The molecule has 1 fully saturated rings. The Morgan fingerprint density at radius 2 is 1.72 bits per heavy atom. The van der Waals surface area contributed by atoms with Gasteiger partial charge in [-0.3, -0.25) is 14.5 Å². The van der Waals surface area contributed by atoms with Crippen LogP contribution in [0.25, 0.3) is 17.4 Å². The maximum atomic E-state index is 13.0. The van der Waals surface area contributed by atoms with Crippen molar-refractivity contribution in [2.24, 2.45) is 0 Å². The first-order valence-electron chi connectivity index (χ1n) is 9.34. The normalized spacial score (nSPS) is 15.6. The Morgan fingerprint density at radius 1 is 1.00 bits per heavy atom. The lowest BCUT2D eigenvalue weighted by molar-refractivity contribution is -0.128. The quantitative estimate of drug-likeness (QED) is 0.468. The minimum atomic E-state index is -1.15. The molecule has 32 heavy (non-hydrogen) atoms. The van der Waals surface area contributed by atoms with Crippen LogP contribution in [0.3, 0.4) is 0 Å². The van der Waals surface area contributed by atoms with Gasteiger partial charge in [0.1, 0.15) is 17.1 Å². The van der Waals surface area contributed by atoms with Gasteiger partial charge in [-0.2, -0.15) is 0 Å². The van der Waals surface area contributed by atoms with Gasteiger partial charge in [-0.25, -0.2) is 14.5 Å². The van der Waals surface area contributed by atoms with Crippen molar-refractivity contribution >= 4 is 47.2 Å². The van der Waals surface area contributed by atoms with Crippen molar-refractivity contribution in [3.05, 3.63) is 82.6 Å². The highest BCUT2D eigenvalue weighted by Crippen LogP contribution is 2.29. The largest absolute Gasteiger partial charge is 0.478 e. The average molecular weight is 451 g/mol. The first-order valence-corrected chi connectivity index (χ1v) is 9.72. The molecule has 0 spiro atoms. The Kier molecular flexibility index (Phi) is 5.38. The number of benzene rings is 2. The molecule has 8 nitrogen and oxygen atoms in total. The molecule has 0 unspecified atom stereocenters. The van der Waals surface area contributed by atoms with Crippen molar-refractivity contribution < 1.29 is 28.7 Å². The van der Waals surface area contributed by atoms with Crippen LogP contribution < -0.4 is 4.90 Å². The third-order valence-electron chi connectivity index (χ3n) is 4.86. The van der Waals surface area contributed by atoms with E-state index in [1.165, 1.54) is 31.3 Å². The standard InChI is InChI=1S/C23H15ClN2O6/c1-25-20(27)17(21(28)26(23(25)31)14-5-3-2-4-6-14)12-15-8-10-19(32-15)13-7-9-16(22(29)30)18(24)11-13/h2-12H,1H3,(H,29,30)/b17-12+. The number of carboxylic acid groups (broad SMARTS) is 1. The van der Waals surface area contributed by atoms with E-state index in [0.717, 1.165) is 9.80 Å². The number of rotatable bonds is 4. The number of anilines is 1. The molecule has 2 aromatic carbocycles. The Hall–Kier alpha value is -4.17. The Bertz CT molecular complexity index is 1290. The zero-order valence-corrected chi connectivity index (χ0v) is 17.4. The van der Waals surface area contributed by atoms with Gasteiger partial charge < -0.3 is 9.52 Å². The van der Waals surface area contributed by atoms with Crippen molar-refractivity contribution in [1.29, 1.82) is 0 Å². The maximum absolute atomic E-state index is 13.0. The van der Waals surface area contributed by atoms with Gasteiger partial charge in [-0.1, -0.05) is 35.9 Å². The molecule has 1 saturated heterocycles. The number of carbonyl (C=O) groups excluding carboxylic acids is 3. The average Bonchev–Trinajstić information content (AvgIpc) is 3.24. The van der Waals surface area contributed by atoms with Gasteiger partial charge in [0.05, 0.1) is 16.3 Å². The Balaban J connectivity index is 1.69. The monoisotopic (exact) mass is 450 g/mol.